The summed E-state index contributed by atoms with van der Waals surface area (Å²) in [5.74, 6) is 3.19. The van der Waals surface area contributed by atoms with Crippen LogP contribution in [0.25, 0.3) is 11.7 Å². The summed E-state index contributed by atoms with van der Waals surface area (Å²) in [6.45, 7) is 6.31. The predicted octanol–water partition coefficient (Wildman–Crippen LogP) is 4.18. The highest BCUT2D eigenvalue weighted by atomic mass is 32.2. The third-order valence-corrected chi connectivity index (χ3v) is 9.80. The van der Waals surface area contributed by atoms with Crippen molar-refractivity contribution in [2.45, 2.75) is 20.0 Å². The average Bonchev–Trinajstić information content (AvgIpc) is 3.79. The minimum Gasteiger partial charge on any atom is -0.454 e. The van der Waals surface area contributed by atoms with Crippen molar-refractivity contribution >= 4 is 51.7 Å². The number of anilines is 1. The molecule has 4 aromatic rings. The number of thiocarbonyl (C=S) groups is 1. The number of ether oxygens (including phenoxy) is 4. The number of aromatic nitrogens is 2. The van der Waals surface area contributed by atoms with E-state index in [1.807, 2.05) is 49.4 Å². The summed E-state index contributed by atoms with van der Waals surface area (Å²) in [6.07, 6.45) is 3.44. The van der Waals surface area contributed by atoms with Crippen LogP contribution in [0.2, 0.25) is 0 Å². The van der Waals surface area contributed by atoms with E-state index in [-0.39, 0.29) is 31.6 Å². The zero-order valence-corrected chi connectivity index (χ0v) is 26.6. The van der Waals surface area contributed by atoms with Crippen LogP contribution in [0.5, 0.6) is 23.0 Å². The van der Waals surface area contributed by atoms with Crippen molar-refractivity contribution in [2.75, 3.05) is 44.7 Å². The van der Waals surface area contributed by atoms with E-state index in [1.54, 1.807) is 21.6 Å². The molecule has 8 rings (SSSR count). The molecule has 6 heterocycles. The van der Waals surface area contributed by atoms with Crippen molar-refractivity contribution in [3.05, 3.63) is 92.2 Å². The molecule has 234 valence electrons. The maximum absolute atomic E-state index is 14.0. The van der Waals surface area contributed by atoms with Gasteiger partial charge in [0.2, 0.25) is 13.6 Å². The Morgan fingerprint density at radius 2 is 1.50 bits per heavy atom. The molecule has 4 aliphatic heterocycles. The Hall–Kier alpha value is -4.59. The molecular formula is C33H29N5O6S2. The molecule has 4 aliphatic rings. The first-order chi connectivity index (χ1) is 22.4. The lowest BCUT2D eigenvalue weighted by molar-refractivity contribution is -0.122. The highest BCUT2D eigenvalue weighted by Gasteiger charge is 2.34. The molecule has 0 atom stereocenters. The van der Waals surface area contributed by atoms with Crippen LogP contribution in [-0.4, -0.2) is 69.2 Å². The third-order valence-electron chi connectivity index (χ3n) is 8.43. The topological polar surface area (TPSA) is 98.1 Å². The van der Waals surface area contributed by atoms with E-state index in [4.69, 9.17) is 36.1 Å². The summed E-state index contributed by atoms with van der Waals surface area (Å²) in [7, 11) is 0. The van der Waals surface area contributed by atoms with E-state index in [9.17, 15) is 9.59 Å². The fraction of sp³-hybridized carbons (Fsp3) is 0.273. The molecular weight excluding hydrogens is 627 g/mol. The summed E-state index contributed by atoms with van der Waals surface area (Å²) in [4.78, 5) is 39.1. The molecule has 0 aliphatic carbocycles. The number of rotatable bonds is 6. The van der Waals surface area contributed by atoms with Gasteiger partial charge in [-0.3, -0.25) is 23.8 Å². The molecule has 13 heteroatoms. The number of carbonyl (C=O) groups is 1. The van der Waals surface area contributed by atoms with Gasteiger partial charge in [0.05, 0.1) is 17.0 Å². The summed E-state index contributed by atoms with van der Waals surface area (Å²) in [6, 6.07) is 15.4. The van der Waals surface area contributed by atoms with Crippen molar-refractivity contribution in [2.24, 2.45) is 0 Å². The number of hydrogen-bond donors (Lipinski definition) is 0. The van der Waals surface area contributed by atoms with Crippen molar-refractivity contribution in [3.8, 4) is 23.0 Å². The van der Waals surface area contributed by atoms with Gasteiger partial charge >= 0.3 is 0 Å². The van der Waals surface area contributed by atoms with E-state index in [2.05, 4.69) is 15.9 Å². The zero-order valence-electron chi connectivity index (χ0n) is 24.9. The van der Waals surface area contributed by atoms with Gasteiger partial charge < -0.3 is 23.8 Å². The average molecular weight is 656 g/mol. The first-order valence-corrected chi connectivity index (χ1v) is 16.1. The lowest BCUT2D eigenvalue weighted by Crippen LogP contribution is -2.47. The Balaban J connectivity index is 1.06. The lowest BCUT2D eigenvalue weighted by Gasteiger charge is -2.36. The summed E-state index contributed by atoms with van der Waals surface area (Å²) >= 11 is 6.82. The van der Waals surface area contributed by atoms with E-state index in [0.29, 0.717) is 50.8 Å². The maximum atomic E-state index is 14.0. The second-order valence-electron chi connectivity index (χ2n) is 11.5. The lowest BCUT2D eigenvalue weighted by atomic mass is 10.1. The highest BCUT2D eigenvalue weighted by Crippen LogP contribution is 2.37. The molecule has 0 N–H and O–H groups in total. The van der Waals surface area contributed by atoms with Crippen molar-refractivity contribution in [3.63, 3.8) is 0 Å². The molecule has 2 fully saturated rings. The van der Waals surface area contributed by atoms with Gasteiger partial charge in [-0.25, -0.2) is 4.98 Å². The number of carbonyl (C=O) groups excluding carboxylic acids is 1. The largest absolute Gasteiger partial charge is 0.454 e. The van der Waals surface area contributed by atoms with Crippen LogP contribution in [0.15, 0.2) is 64.4 Å². The van der Waals surface area contributed by atoms with Crippen LogP contribution in [-0.2, 0) is 17.9 Å². The standard InChI is InChI=1S/C33H29N5O6S2/c1-20-2-7-29-34-30(36-10-8-35(9-11-36)16-21-3-5-24-26(12-21)43-18-41-24)23(31(39)37(29)15-20)14-28-32(40)38(33(45)46-28)17-22-4-6-25-27(13-22)44-19-42-25/h2-7,12-15H,8-11,16-19H2,1H3/b28-14-. The van der Waals surface area contributed by atoms with Crippen LogP contribution < -0.4 is 29.4 Å². The normalized spacial score (nSPS) is 18.4. The third kappa shape index (κ3) is 5.33. The molecule has 0 spiro atoms. The molecule has 0 saturated carbocycles. The number of benzene rings is 2. The fourth-order valence-electron chi connectivity index (χ4n) is 6.02. The number of amides is 1. The first kappa shape index (κ1) is 28.9. The summed E-state index contributed by atoms with van der Waals surface area (Å²) in [5, 5.41) is 0. The van der Waals surface area contributed by atoms with Crippen molar-refractivity contribution in [1.29, 1.82) is 0 Å². The number of aryl methyl sites for hydroxylation is 1. The number of hydrogen-bond acceptors (Lipinski definition) is 11. The molecule has 2 saturated heterocycles. The van der Waals surface area contributed by atoms with E-state index in [1.165, 1.54) is 11.8 Å². The van der Waals surface area contributed by atoms with E-state index in [0.717, 1.165) is 47.8 Å². The molecule has 2 aromatic heterocycles. The van der Waals surface area contributed by atoms with Crippen LogP contribution in [0, 0.1) is 6.92 Å². The minimum absolute atomic E-state index is 0.175. The SMILES string of the molecule is Cc1ccc2nc(N3CCN(Cc4ccc5c(c4)OCO5)CC3)c(/C=C3\SC(=S)N(Cc4ccc5c(c4)OCO5)C3=O)c(=O)n2c1. The van der Waals surface area contributed by atoms with E-state index >= 15 is 0 Å². The molecule has 0 radical (unpaired) electrons. The quantitative estimate of drug-likeness (QED) is 0.221. The maximum Gasteiger partial charge on any atom is 0.267 e. The van der Waals surface area contributed by atoms with Gasteiger partial charge in [-0.1, -0.05) is 42.2 Å². The molecule has 0 unspecified atom stereocenters. The van der Waals surface area contributed by atoms with E-state index < -0.39 is 0 Å². The predicted molar refractivity (Wildman–Crippen MR) is 178 cm³/mol. The second-order valence-corrected chi connectivity index (χ2v) is 13.2. The number of piperazine rings is 1. The molecule has 46 heavy (non-hydrogen) atoms. The second kappa shape index (κ2) is 11.6. The molecule has 2 aromatic carbocycles. The van der Waals surface area contributed by atoms with Gasteiger partial charge in [-0.05, 0) is 60.0 Å². The van der Waals surface area contributed by atoms with Crippen LogP contribution in [0.3, 0.4) is 0 Å². The van der Waals surface area contributed by atoms with Gasteiger partial charge in [-0.2, -0.15) is 0 Å². The van der Waals surface area contributed by atoms with Gasteiger partial charge in [0.1, 0.15) is 15.8 Å². The van der Waals surface area contributed by atoms with Gasteiger partial charge in [0.25, 0.3) is 11.5 Å². The smallest absolute Gasteiger partial charge is 0.267 e. The number of thioether (sulfide) groups is 1. The Labute approximate surface area is 273 Å². The number of nitrogens with zero attached hydrogens (tertiary/aromatic N) is 5. The fourth-order valence-corrected chi connectivity index (χ4v) is 7.26. The van der Waals surface area contributed by atoms with Gasteiger partial charge in [0.15, 0.2) is 23.0 Å². The number of pyridine rings is 1. The van der Waals surface area contributed by atoms with Crippen LogP contribution in [0.4, 0.5) is 5.82 Å². The zero-order chi connectivity index (χ0) is 31.4. The Morgan fingerprint density at radius 3 is 2.20 bits per heavy atom. The van der Waals surface area contributed by atoms with Gasteiger partial charge in [0, 0.05) is 38.9 Å². The summed E-state index contributed by atoms with van der Waals surface area (Å²) in [5.41, 5.74) is 3.65. The Bertz CT molecular complexity index is 2000. The molecule has 11 nitrogen and oxygen atoms in total. The minimum atomic E-state index is -0.249. The van der Waals surface area contributed by atoms with Crippen LogP contribution >= 0.6 is 24.0 Å². The number of fused-ring (bicyclic) bond motifs is 3. The monoisotopic (exact) mass is 655 g/mol. The van der Waals surface area contributed by atoms with Crippen molar-refractivity contribution < 1.29 is 23.7 Å². The van der Waals surface area contributed by atoms with Gasteiger partial charge in [-0.15, -0.1) is 0 Å². The summed E-state index contributed by atoms with van der Waals surface area (Å²) < 4.78 is 23.9. The van der Waals surface area contributed by atoms with Crippen molar-refractivity contribution in [1.82, 2.24) is 19.2 Å². The first-order valence-electron chi connectivity index (χ1n) is 14.9. The Kier molecular flexibility index (Phi) is 7.31. The van der Waals surface area contributed by atoms with Crippen LogP contribution in [0.1, 0.15) is 22.3 Å². The Morgan fingerprint density at radius 1 is 0.848 bits per heavy atom. The molecule has 1 amide bonds. The highest BCUT2D eigenvalue weighted by molar-refractivity contribution is 8.26. The molecule has 0 bridgehead atoms.